The minimum absolute atomic E-state index is 0.0200. The van der Waals surface area contributed by atoms with Crippen molar-refractivity contribution in [1.82, 2.24) is 10.4 Å². The lowest BCUT2D eigenvalue weighted by molar-refractivity contribution is -0.120. The van der Waals surface area contributed by atoms with Gasteiger partial charge in [0, 0.05) is 17.1 Å². The van der Waals surface area contributed by atoms with Crippen LogP contribution in [-0.2, 0) is 11.2 Å². The normalized spacial score (nSPS) is 11.0. The molecule has 6 nitrogen and oxygen atoms in total. The largest absolute Gasteiger partial charge is 0.504 e. The predicted molar refractivity (Wildman–Crippen MR) is 92.4 cm³/mol. The summed E-state index contributed by atoms with van der Waals surface area (Å²) < 4.78 is 4.97. The summed E-state index contributed by atoms with van der Waals surface area (Å²) in [4.78, 5) is 15.1. The average molecular weight is 323 g/mol. The summed E-state index contributed by atoms with van der Waals surface area (Å²) in [6, 6.07) is 12.7. The van der Waals surface area contributed by atoms with Crippen molar-refractivity contribution in [3.8, 4) is 11.5 Å². The van der Waals surface area contributed by atoms with E-state index in [0.29, 0.717) is 11.3 Å². The second-order valence-corrected chi connectivity index (χ2v) is 5.26. The Bertz CT molecular complexity index is 899. The number of methoxy groups -OCH3 is 1. The SMILES string of the molecule is COc1ccc(/C=N\NC(=O)Cc2c[nH]c3ccccc23)cc1O. The number of amides is 1. The molecule has 0 aliphatic heterocycles. The number of aromatic nitrogens is 1. The van der Waals surface area contributed by atoms with Crippen molar-refractivity contribution in [2.75, 3.05) is 7.11 Å². The molecule has 3 N–H and O–H groups in total. The van der Waals surface area contributed by atoms with Crippen LogP contribution >= 0.6 is 0 Å². The van der Waals surface area contributed by atoms with Gasteiger partial charge in [0.15, 0.2) is 11.5 Å². The van der Waals surface area contributed by atoms with E-state index in [1.807, 2.05) is 30.5 Å². The third-order valence-electron chi connectivity index (χ3n) is 3.63. The first-order valence-electron chi connectivity index (χ1n) is 7.41. The van der Waals surface area contributed by atoms with Gasteiger partial charge in [0.05, 0.1) is 19.7 Å². The number of nitrogens with one attached hydrogen (secondary N) is 2. The molecule has 1 heterocycles. The molecule has 2 aromatic carbocycles. The first kappa shape index (κ1) is 15.6. The van der Waals surface area contributed by atoms with E-state index in [0.717, 1.165) is 16.5 Å². The van der Waals surface area contributed by atoms with Crippen LogP contribution in [0.4, 0.5) is 0 Å². The lowest BCUT2D eigenvalue weighted by atomic mass is 10.1. The van der Waals surface area contributed by atoms with Crippen molar-refractivity contribution >= 4 is 23.0 Å². The van der Waals surface area contributed by atoms with Gasteiger partial charge < -0.3 is 14.8 Å². The number of hydrogen-bond acceptors (Lipinski definition) is 4. The van der Waals surface area contributed by atoms with Crippen molar-refractivity contribution < 1.29 is 14.6 Å². The molecule has 0 aliphatic rings. The fraction of sp³-hybridized carbons (Fsp3) is 0.111. The van der Waals surface area contributed by atoms with Crippen LogP contribution in [0, 0.1) is 0 Å². The number of para-hydroxylation sites is 1. The van der Waals surface area contributed by atoms with Crippen molar-refractivity contribution in [2.24, 2.45) is 5.10 Å². The predicted octanol–water partition coefficient (Wildman–Crippen LogP) is 2.57. The van der Waals surface area contributed by atoms with E-state index in [-0.39, 0.29) is 18.1 Å². The van der Waals surface area contributed by atoms with E-state index in [2.05, 4.69) is 15.5 Å². The van der Waals surface area contributed by atoms with Crippen molar-refractivity contribution in [3.05, 3.63) is 59.8 Å². The molecule has 0 bridgehead atoms. The lowest BCUT2D eigenvalue weighted by Crippen LogP contribution is -2.19. The number of hydrogen-bond donors (Lipinski definition) is 3. The second-order valence-electron chi connectivity index (χ2n) is 5.26. The Morgan fingerprint density at radius 2 is 2.17 bits per heavy atom. The van der Waals surface area contributed by atoms with Crippen molar-refractivity contribution in [3.63, 3.8) is 0 Å². The van der Waals surface area contributed by atoms with Crippen LogP contribution in [0.3, 0.4) is 0 Å². The topological polar surface area (TPSA) is 86.7 Å². The molecule has 1 amide bonds. The van der Waals surface area contributed by atoms with Crippen molar-refractivity contribution in [2.45, 2.75) is 6.42 Å². The molecule has 3 aromatic rings. The molecule has 0 spiro atoms. The summed E-state index contributed by atoms with van der Waals surface area (Å²) >= 11 is 0. The summed E-state index contributed by atoms with van der Waals surface area (Å²) in [6.07, 6.45) is 3.52. The fourth-order valence-electron chi connectivity index (χ4n) is 2.46. The van der Waals surface area contributed by atoms with Gasteiger partial charge in [-0.25, -0.2) is 5.43 Å². The van der Waals surface area contributed by atoms with Crippen LogP contribution in [0.1, 0.15) is 11.1 Å². The molecular weight excluding hydrogens is 306 g/mol. The van der Waals surface area contributed by atoms with E-state index in [1.165, 1.54) is 19.4 Å². The van der Waals surface area contributed by atoms with E-state index in [4.69, 9.17) is 4.74 Å². The Balaban J connectivity index is 1.62. The molecule has 1 aromatic heterocycles. The number of ether oxygens (including phenoxy) is 1. The second kappa shape index (κ2) is 6.87. The highest BCUT2D eigenvalue weighted by Crippen LogP contribution is 2.25. The number of nitrogens with zero attached hydrogens (tertiary/aromatic N) is 1. The van der Waals surface area contributed by atoms with Gasteiger partial charge in [0.1, 0.15) is 0 Å². The third-order valence-corrected chi connectivity index (χ3v) is 3.63. The van der Waals surface area contributed by atoms with Gasteiger partial charge >= 0.3 is 0 Å². The van der Waals surface area contributed by atoms with Gasteiger partial charge in [-0.2, -0.15) is 5.10 Å². The summed E-state index contributed by atoms with van der Waals surface area (Å²) in [5, 5.41) is 14.6. The number of phenolic OH excluding ortho intramolecular Hbond substituents is 1. The smallest absolute Gasteiger partial charge is 0.244 e. The molecule has 122 valence electrons. The van der Waals surface area contributed by atoms with Crippen LogP contribution < -0.4 is 10.2 Å². The number of phenols is 1. The number of aromatic amines is 1. The Hall–Kier alpha value is -3.28. The fourth-order valence-corrected chi connectivity index (χ4v) is 2.46. The summed E-state index contributed by atoms with van der Waals surface area (Å²) in [7, 11) is 1.48. The number of carbonyl (C=O) groups excluding carboxylic acids is 1. The molecule has 6 heteroatoms. The number of benzene rings is 2. The minimum Gasteiger partial charge on any atom is -0.504 e. The maximum atomic E-state index is 12.0. The number of carbonyl (C=O) groups is 1. The van der Waals surface area contributed by atoms with Gasteiger partial charge in [0.25, 0.3) is 0 Å². The summed E-state index contributed by atoms with van der Waals surface area (Å²) in [6.45, 7) is 0. The van der Waals surface area contributed by atoms with Crippen LogP contribution in [-0.4, -0.2) is 29.3 Å². The zero-order valence-electron chi connectivity index (χ0n) is 13.1. The molecule has 0 radical (unpaired) electrons. The van der Waals surface area contributed by atoms with E-state index in [9.17, 15) is 9.90 Å². The third kappa shape index (κ3) is 3.38. The van der Waals surface area contributed by atoms with Crippen molar-refractivity contribution in [1.29, 1.82) is 0 Å². The molecule has 0 fully saturated rings. The van der Waals surface area contributed by atoms with E-state index in [1.54, 1.807) is 12.1 Å². The Morgan fingerprint density at radius 1 is 1.33 bits per heavy atom. The van der Waals surface area contributed by atoms with E-state index < -0.39 is 0 Å². The molecule has 3 rings (SSSR count). The van der Waals surface area contributed by atoms with Crippen LogP contribution in [0.25, 0.3) is 10.9 Å². The number of H-pyrrole nitrogens is 1. The van der Waals surface area contributed by atoms with Crippen LogP contribution in [0.5, 0.6) is 11.5 Å². The Morgan fingerprint density at radius 3 is 2.96 bits per heavy atom. The summed E-state index contributed by atoms with van der Waals surface area (Å²) in [5.74, 6) is 0.191. The molecule has 24 heavy (non-hydrogen) atoms. The standard InChI is InChI=1S/C18H17N3O3/c1-24-17-7-6-12(8-16(17)22)10-20-21-18(23)9-13-11-19-15-5-3-2-4-14(13)15/h2-8,10-11,19,22H,9H2,1H3,(H,21,23)/b20-10-. The average Bonchev–Trinajstić information content (AvgIpc) is 2.98. The molecule has 0 saturated heterocycles. The highest BCUT2D eigenvalue weighted by Gasteiger charge is 2.07. The number of rotatable bonds is 5. The highest BCUT2D eigenvalue weighted by atomic mass is 16.5. The maximum absolute atomic E-state index is 12.0. The zero-order chi connectivity index (χ0) is 16.9. The number of aromatic hydroxyl groups is 1. The van der Waals surface area contributed by atoms with Gasteiger partial charge in [-0.3, -0.25) is 4.79 Å². The van der Waals surface area contributed by atoms with Gasteiger partial charge in [-0.15, -0.1) is 0 Å². The maximum Gasteiger partial charge on any atom is 0.244 e. The van der Waals surface area contributed by atoms with Crippen LogP contribution in [0.15, 0.2) is 53.8 Å². The lowest BCUT2D eigenvalue weighted by Gasteiger charge is -2.03. The minimum atomic E-state index is -0.214. The van der Waals surface area contributed by atoms with Gasteiger partial charge in [-0.05, 0) is 35.4 Å². The quantitative estimate of drug-likeness (QED) is 0.498. The highest BCUT2D eigenvalue weighted by molar-refractivity contribution is 5.89. The summed E-state index contributed by atoms with van der Waals surface area (Å²) in [5.41, 5.74) is 5.05. The molecular formula is C18H17N3O3. The first-order valence-corrected chi connectivity index (χ1v) is 7.41. The number of fused-ring (bicyclic) bond motifs is 1. The van der Waals surface area contributed by atoms with Gasteiger partial charge in [0.2, 0.25) is 5.91 Å². The van der Waals surface area contributed by atoms with Crippen LogP contribution in [0.2, 0.25) is 0 Å². The first-order chi connectivity index (χ1) is 11.7. The van der Waals surface area contributed by atoms with Gasteiger partial charge in [-0.1, -0.05) is 18.2 Å². The zero-order valence-corrected chi connectivity index (χ0v) is 13.1. The Kier molecular flexibility index (Phi) is 4.47. The van der Waals surface area contributed by atoms with E-state index >= 15 is 0 Å². The Labute approximate surface area is 138 Å². The number of hydrazone groups is 1. The molecule has 0 atom stereocenters. The molecule has 0 aliphatic carbocycles. The molecule has 0 saturated carbocycles. The molecule has 0 unspecified atom stereocenters. The monoisotopic (exact) mass is 323 g/mol.